The normalized spacial score (nSPS) is 24.2. The number of nitrogens with one attached hydrogen (secondary N) is 2. The monoisotopic (exact) mass is 1010 g/mol. The molecule has 392 valence electrons. The van der Waals surface area contributed by atoms with Crippen molar-refractivity contribution in [3.8, 4) is 12.1 Å². The van der Waals surface area contributed by atoms with Gasteiger partial charge in [-0.25, -0.2) is 20.2 Å². The van der Waals surface area contributed by atoms with Crippen molar-refractivity contribution in [2.45, 2.75) is 115 Å². The van der Waals surface area contributed by atoms with Gasteiger partial charge in [0, 0.05) is 101 Å². The maximum atomic E-state index is 13.2. The van der Waals surface area contributed by atoms with E-state index in [1.54, 1.807) is 36.9 Å². The Kier molecular flexibility index (Phi) is 17.2. The van der Waals surface area contributed by atoms with Crippen LogP contribution in [0.1, 0.15) is 99.3 Å². The molecule has 0 radical (unpaired) electrons. The van der Waals surface area contributed by atoms with Gasteiger partial charge in [0.25, 0.3) is 11.1 Å². The fourth-order valence-corrected chi connectivity index (χ4v) is 11.7. The fourth-order valence-electron chi connectivity index (χ4n) is 11.7. The van der Waals surface area contributed by atoms with Crippen molar-refractivity contribution in [1.29, 1.82) is 10.5 Å². The largest absolute Gasteiger partial charge is 0.376 e. The highest BCUT2D eigenvalue weighted by Gasteiger charge is 2.35. The standard InChI is InChI=1S/2C27H35N7O3/c2*1-19-24(17-30-31-26(19)35)34-10-2-3-22(34)18-37-23-7-5-21(6-8-23)27(36)33-13-11-32(12-14-33)25-9-4-20(15-28)16-29-25/h2*4,9,16-17,21-23H,2-3,5-8,10-14,18H2,1H3,(H,31,35)/t2*21?,22-,23?/m00/s1. The molecule has 4 saturated heterocycles. The average Bonchev–Trinajstić information content (AvgIpc) is 4.14. The molecular weight excluding hydrogens is 941 g/mol. The van der Waals surface area contributed by atoms with Gasteiger partial charge in [0.1, 0.15) is 23.8 Å². The summed E-state index contributed by atoms with van der Waals surface area (Å²) in [5.74, 6) is 2.40. The smallest absolute Gasteiger partial charge is 0.269 e. The molecule has 8 heterocycles. The summed E-state index contributed by atoms with van der Waals surface area (Å²) < 4.78 is 12.7. The van der Waals surface area contributed by atoms with Gasteiger partial charge < -0.3 is 38.9 Å². The molecule has 0 aromatic carbocycles. The molecule has 0 bridgehead atoms. The van der Waals surface area contributed by atoms with E-state index in [1.807, 2.05) is 35.8 Å². The summed E-state index contributed by atoms with van der Waals surface area (Å²) in [6.45, 7) is 12.6. The number of anilines is 4. The third-order valence-corrected chi connectivity index (χ3v) is 16.2. The number of ether oxygens (including phenoxy) is 2. The van der Waals surface area contributed by atoms with E-state index < -0.39 is 0 Å². The first-order valence-electron chi connectivity index (χ1n) is 26.7. The Morgan fingerprint density at radius 2 is 0.946 bits per heavy atom. The number of rotatable bonds is 12. The summed E-state index contributed by atoms with van der Waals surface area (Å²) in [6.07, 6.45) is 18.4. The van der Waals surface area contributed by atoms with Crippen LogP contribution in [0.5, 0.6) is 0 Å². The zero-order valence-corrected chi connectivity index (χ0v) is 42.9. The minimum absolute atomic E-state index is 0.0761. The maximum absolute atomic E-state index is 13.2. The van der Waals surface area contributed by atoms with Gasteiger partial charge in [0.2, 0.25) is 11.8 Å². The number of aromatic amines is 2. The van der Waals surface area contributed by atoms with Crippen LogP contribution in [0.25, 0.3) is 0 Å². The molecule has 2 saturated carbocycles. The van der Waals surface area contributed by atoms with Gasteiger partial charge in [-0.1, -0.05) is 0 Å². The van der Waals surface area contributed by atoms with E-state index >= 15 is 0 Å². The molecule has 2 amide bonds. The Labute approximate surface area is 432 Å². The summed E-state index contributed by atoms with van der Waals surface area (Å²) in [4.78, 5) is 72.0. The number of pyridine rings is 2. The average molecular weight is 1010 g/mol. The molecule has 20 heteroatoms. The van der Waals surface area contributed by atoms with Crippen LogP contribution in [-0.2, 0) is 19.1 Å². The SMILES string of the molecule is Cc1c(N2CCC[C@H]2COC2CCC(C(=O)N3CCN(c4ccc(C#N)cn4)CC3)CC2)cn[nH]c1=O.Cc1c(N2CCC[C@H]2COC2CCC(C(=O)N3CCN(c4ccc(C#N)cn4)CC3)CC2)cn[nH]c1=O. The number of carbonyl (C=O) groups is 2. The zero-order valence-electron chi connectivity index (χ0n) is 42.9. The summed E-state index contributed by atoms with van der Waals surface area (Å²) in [5.41, 5.74) is 4.04. The quantitative estimate of drug-likeness (QED) is 0.199. The van der Waals surface area contributed by atoms with Crippen molar-refractivity contribution in [3.63, 3.8) is 0 Å². The Hall–Kier alpha value is -6.90. The number of carbonyl (C=O) groups excluding carboxylic acids is 2. The van der Waals surface area contributed by atoms with E-state index in [0.717, 1.165) is 139 Å². The third kappa shape index (κ3) is 12.4. The van der Waals surface area contributed by atoms with E-state index in [0.29, 0.717) is 61.6 Å². The number of hydrogen-bond donors (Lipinski definition) is 2. The van der Waals surface area contributed by atoms with Crippen LogP contribution in [-0.4, -0.2) is 155 Å². The Bertz CT molecular complexity index is 2540. The molecule has 0 spiro atoms. The lowest BCUT2D eigenvalue weighted by Gasteiger charge is -2.38. The number of amides is 2. The van der Waals surface area contributed by atoms with Crippen molar-refractivity contribution in [2.24, 2.45) is 11.8 Å². The highest BCUT2D eigenvalue weighted by molar-refractivity contribution is 5.80. The molecule has 2 atom stereocenters. The number of hydrogen-bond acceptors (Lipinski definition) is 16. The maximum Gasteiger partial charge on any atom is 0.269 e. The molecule has 0 unspecified atom stereocenters. The first-order chi connectivity index (χ1) is 36.1. The van der Waals surface area contributed by atoms with Crippen LogP contribution in [0.4, 0.5) is 23.0 Å². The number of aromatic nitrogens is 6. The molecule has 4 aliphatic heterocycles. The predicted octanol–water partition coefficient (Wildman–Crippen LogP) is 4.48. The van der Waals surface area contributed by atoms with Crippen LogP contribution in [0, 0.1) is 48.3 Å². The van der Waals surface area contributed by atoms with Crippen LogP contribution in [0.2, 0.25) is 0 Å². The molecule has 6 fully saturated rings. The van der Waals surface area contributed by atoms with E-state index in [1.165, 1.54) is 0 Å². The van der Waals surface area contributed by atoms with Crippen molar-refractivity contribution >= 4 is 34.8 Å². The van der Waals surface area contributed by atoms with Crippen molar-refractivity contribution < 1.29 is 19.1 Å². The van der Waals surface area contributed by atoms with Gasteiger partial charge >= 0.3 is 0 Å². The molecule has 2 N–H and O–H groups in total. The number of nitriles is 2. The molecule has 20 nitrogen and oxygen atoms in total. The second-order valence-corrected chi connectivity index (χ2v) is 20.7. The first kappa shape index (κ1) is 52.0. The fraction of sp³-hybridized carbons (Fsp3) is 0.593. The Morgan fingerprint density at radius 3 is 1.30 bits per heavy atom. The molecule has 4 aromatic heterocycles. The van der Waals surface area contributed by atoms with Crippen LogP contribution in [0.15, 0.2) is 58.6 Å². The molecule has 74 heavy (non-hydrogen) atoms. The van der Waals surface area contributed by atoms with Gasteiger partial charge in [0.15, 0.2) is 0 Å². The predicted molar refractivity (Wildman–Crippen MR) is 279 cm³/mol. The van der Waals surface area contributed by atoms with Gasteiger partial charge in [-0.2, -0.15) is 20.7 Å². The molecule has 6 aliphatic rings. The van der Waals surface area contributed by atoms with Gasteiger partial charge in [0.05, 0.1) is 72.4 Å². The van der Waals surface area contributed by atoms with Crippen molar-refractivity contribution in [3.05, 3.63) is 92.0 Å². The van der Waals surface area contributed by atoms with Crippen molar-refractivity contribution in [2.75, 3.05) is 98.3 Å². The Morgan fingerprint density at radius 1 is 0.554 bits per heavy atom. The van der Waals surface area contributed by atoms with Crippen LogP contribution in [0.3, 0.4) is 0 Å². The van der Waals surface area contributed by atoms with E-state index in [-0.39, 0.29) is 59.1 Å². The summed E-state index contributed by atoms with van der Waals surface area (Å²) >= 11 is 0. The highest BCUT2D eigenvalue weighted by atomic mass is 16.5. The third-order valence-electron chi connectivity index (χ3n) is 16.2. The van der Waals surface area contributed by atoms with E-state index in [9.17, 15) is 19.2 Å². The van der Waals surface area contributed by atoms with Crippen LogP contribution < -0.4 is 30.7 Å². The first-order valence-corrected chi connectivity index (χ1v) is 26.7. The lowest BCUT2D eigenvalue weighted by atomic mass is 9.86. The van der Waals surface area contributed by atoms with E-state index in [2.05, 4.69) is 62.1 Å². The number of nitrogens with zero attached hydrogens (tertiary/aromatic N) is 12. The number of H-pyrrole nitrogens is 2. The Balaban J connectivity index is 0.000000182. The lowest BCUT2D eigenvalue weighted by molar-refractivity contribution is -0.138. The lowest BCUT2D eigenvalue weighted by Crippen LogP contribution is -2.51. The minimum Gasteiger partial charge on any atom is -0.376 e. The topological polar surface area (TPSA) is 237 Å². The van der Waals surface area contributed by atoms with Crippen LogP contribution >= 0.6 is 0 Å². The summed E-state index contributed by atoms with van der Waals surface area (Å²) in [5, 5.41) is 30.9. The van der Waals surface area contributed by atoms with Gasteiger partial charge in [-0.15, -0.1) is 0 Å². The minimum atomic E-state index is -0.139. The molecule has 10 rings (SSSR count). The van der Waals surface area contributed by atoms with Gasteiger partial charge in [-0.3, -0.25) is 19.2 Å². The van der Waals surface area contributed by atoms with Crippen molar-refractivity contribution in [1.82, 2.24) is 40.2 Å². The van der Waals surface area contributed by atoms with Gasteiger partial charge in [-0.05, 0) is 115 Å². The molecule has 4 aromatic rings. The molecule has 2 aliphatic carbocycles. The zero-order chi connectivity index (χ0) is 51.6. The number of piperazine rings is 2. The summed E-state index contributed by atoms with van der Waals surface area (Å²) in [7, 11) is 0. The highest BCUT2D eigenvalue weighted by Crippen LogP contribution is 2.33. The summed E-state index contributed by atoms with van der Waals surface area (Å²) in [6, 6.07) is 12.0. The second kappa shape index (κ2) is 24.4. The van der Waals surface area contributed by atoms with E-state index in [4.69, 9.17) is 20.0 Å². The second-order valence-electron chi connectivity index (χ2n) is 20.7. The molecular formula is C54H70N14O6.